The van der Waals surface area contributed by atoms with Crippen LogP contribution in [0.3, 0.4) is 0 Å². The second-order valence-electron chi connectivity index (χ2n) is 3.50. The third-order valence-corrected chi connectivity index (χ3v) is 3.47. The lowest BCUT2D eigenvalue weighted by Gasteiger charge is -2.11. The highest BCUT2D eigenvalue weighted by molar-refractivity contribution is 9.10. The summed E-state index contributed by atoms with van der Waals surface area (Å²) in [6.07, 6.45) is 1.47. The van der Waals surface area contributed by atoms with E-state index in [1.54, 1.807) is 0 Å². The first-order chi connectivity index (χ1) is 8.08. The fraction of sp³-hybridized carbons (Fsp3) is 0.0909. The summed E-state index contributed by atoms with van der Waals surface area (Å²) in [6.45, 7) is 2.01. The molecule has 2 aromatic rings. The first-order valence-corrected chi connectivity index (χ1v) is 6.05. The van der Waals surface area contributed by atoms with Crippen LogP contribution >= 0.6 is 27.5 Å². The zero-order valence-electron chi connectivity index (χ0n) is 9.04. The summed E-state index contributed by atoms with van der Waals surface area (Å²) >= 11 is 9.23. The van der Waals surface area contributed by atoms with Crippen molar-refractivity contribution in [2.45, 2.75) is 6.92 Å². The van der Waals surface area contributed by atoms with Gasteiger partial charge in [-0.25, -0.2) is 4.98 Å². The molecule has 0 fully saturated rings. The largest absolute Gasteiger partial charge is 0.394 e. The molecule has 0 atom stereocenters. The molecule has 1 heterocycles. The van der Waals surface area contributed by atoms with E-state index in [1.807, 2.05) is 25.1 Å². The van der Waals surface area contributed by atoms with Gasteiger partial charge in [-0.15, -0.1) is 0 Å². The minimum Gasteiger partial charge on any atom is -0.394 e. The van der Waals surface area contributed by atoms with E-state index < -0.39 is 0 Å². The van der Waals surface area contributed by atoms with E-state index in [0.717, 1.165) is 15.7 Å². The summed E-state index contributed by atoms with van der Waals surface area (Å²) in [6, 6.07) is 5.87. The van der Waals surface area contributed by atoms with Crippen LogP contribution in [-0.4, -0.2) is 9.97 Å². The summed E-state index contributed by atoms with van der Waals surface area (Å²) in [5, 5.41) is 3.27. The summed E-state index contributed by atoms with van der Waals surface area (Å²) < 4.78 is 0.967. The SMILES string of the molecule is Cc1cccc(Nc2nc(Cl)ncc2N)c1Br. The number of benzene rings is 1. The average Bonchev–Trinajstić information content (AvgIpc) is 2.30. The van der Waals surface area contributed by atoms with Gasteiger partial charge in [0, 0.05) is 4.47 Å². The monoisotopic (exact) mass is 312 g/mol. The van der Waals surface area contributed by atoms with Crippen molar-refractivity contribution in [2.75, 3.05) is 11.1 Å². The Morgan fingerprint density at radius 1 is 1.41 bits per heavy atom. The number of nitrogens with one attached hydrogen (secondary N) is 1. The minimum atomic E-state index is 0.158. The number of nitrogens with two attached hydrogens (primary N) is 1. The van der Waals surface area contributed by atoms with Crippen LogP contribution in [0.15, 0.2) is 28.9 Å². The van der Waals surface area contributed by atoms with Gasteiger partial charge in [-0.1, -0.05) is 12.1 Å². The van der Waals surface area contributed by atoms with Gasteiger partial charge in [-0.3, -0.25) is 0 Å². The number of aromatic nitrogens is 2. The van der Waals surface area contributed by atoms with Crippen molar-refractivity contribution in [1.82, 2.24) is 9.97 Å². The quantitative estimate of drug-likeness (QED) is 0.833. The molecule has 0 amide bonds. The number of nitrogens with zero attached hydrogens (tertiary/aromatic N) is 2. The molecular formula is C11H10BrClN4. The van der Waals surface area contributed by atoms with Gasteiger partial charge in [0.1, 0.15) is 0 Å². The van der Waals surface area contributed by atoms with Gasteiger partial charge in [-0.2, -0.15) is 4.98 Å². The van der Waals surface area contributed by atoms with Gasteiger partial charge >= 0.3 is 0 Å². The van der Waals surface area contributed by atoms with Crippen LogP contribution < -0.4 is 11.1 Å². The number of aryl methyl sites for hydroxylation is 1. The van der Waals surface area contributed by atoms with Crippen molar-refractivity contribution in [2.24, 2.45) is 0 Å². The summed E-state index contributed by atoms with van der Waals surface area (Å²) in [7, 11) is 0. The lowest BCUT2D eigenvalue weighted by atomic mass is 10.2. The second-order valence-corrected chi connectivity index (χ2v) is 4.64. The Morgan fingerprint density at radius 3 is 2.94 bits per heavy atom. The fourth-order valence-electron chi connectivity index (χ4n) is 1.34. The number of anilines is 3. The van der Waals surface area contributed by atoms with Crippen molar-refractivity contribution in [3.8, 4) is 0 Å². The molecule has 1 aromatic heterocycles. The number of hydrogen-bond donors (Lipinski definition) is 2. The van der Waals surface area contributed by atoms with Gasteiger partial charge in [-0.05, 0) is 46.1 Å². The molecule has 2 rings (SSSR count). The molecule has 0 spiro atoms. The number of rotatable bonds is 2. The molecule has 4 nitrogen and oxygen atoms in total. The molecule has 0 radical (unpaired) electrons. The third-order valence-electron chi connectivity index (χ3n) is 2.23. The Morgan fingerprint density at radius 2 is 2.18 bits per heavy atom. The predicted octanol–water partition coefficient (Wildman–Crippen LogP) is 3.53. The third kappa shape index (κ3) is 2.68. The molecule has 0 bridgehead atoms. The van der Waals surface area contributed by atoms with Crippen molar-refractivity contribution >= 4 is 44.7 Å². The van der Waals surface area contributed by atoms with Crippen molar-refractivity contribution < 1.29 is 0 Å². The number of halogens is 2. The maximum absolute atomic E-state index is 5.76. The molecule has 0 saturated heterocycles. The van der Waals surface area contributed by atoms with E-state index in [4.69, 9.17) is 17.3 Å². The van der Waals surface area contributed by atoms with Crippen LogP contribution in [0, 0.1) is 6.92 Å². The first-order valence-electron chi connectivity index (χ1n) is 4.88. The lowest BCUT2D eigenvalue weighted by Crippen LogP contribution is -2.01. The Balaban J connectivity index is 2.38. The smallest absolute Gasteiger partial charge is 0.224 e. The molecule has 0 unspecified atom stereocenters. The van der Waals surface area contributed by atoms with Gasteiger partial charge in [0.2, 0.25) is 5.28 Å². The van der Waals surface area contributed by atoms with Crippen LogP contribution in [0.1, 0.15) is 5.56 Å². The fourth-order valence-corrected chi connectivity index (χ4v) is 1.84. The molecule has 6 heteroatoms. The van der Waals surface area contributed by atoms with E-state index in [9.17, 15) is 0 Å². The average molecular weight is 314 g/mol. The van der Waals surface area contributed by atoms with Crippen LogP contribution in [-0.2, 0) is 0 Å². The van der Waals surface area contributed by atoms with E-state index in [2.05, 4.69) is 31.2 Å². The highest BCUT2D eigenvalue weighted by atomic mass is 79.9. The Labute approximate surface area is 112 Å². The molecule has 0 aliphatic heterocycles. The summed E-state index contributed by atoms with van der Waals surface area (Å²) in [5.74, 6) is 0.497. The van der Waals surface area contributed by atoms with Crippen LogP contribution in [0.2, 0.25) is 5.28 Å². The van der Waals surface area contributed by atoms with E-state index in [-0.39, 0.29) is 5.28 Å². The number of nitrogen functional groups attached to an aromatic ring is 1. The molecule has 0 saturated carbocycles. The van der Waals surface area contributed by atoms with Crippen LogP contribution in [0.25, 0.3) is 0 Å². The first kappa shape index (κ1) is 12.1. The van der Waals surface area contributed by atoms with E-state index in [1.165, 1.54) is 6.20 Å². The Hall–Kier alpha value is -1.33. The molecular weight excluding hydrogens is 304 g/mol. The molecule has 17 heavy (non-hydrogen) atoms. The highest BCUT2D eigenvalue weighted by Crippen LogP contribution is 2.29. The van der Waals surface area contributed by atoms with Crippen molar-refractivity contribution in [1.29, 1.82) is 0 Å². The topological polar surface area (TPSA) is 63.8 Å². The van der Waals surface area contributed by atoms with Gasteiger partial charge in [0.25, 0.3) is 0 Å². The maximum atomic E-state index is 5.76. The van der Waals surface area contributed by atoms with Gasteiger partial charge in [0.05, 0.1) is 17.6 Å². The minimum absolute atomic E-state index is 0.158. The zero-order valence-corrected chi connectivity index (χ0v) is 11.4. The van der Waals surface area contributed by atoms with Gasteiger partial charge in [0.15, 0.2) is 5.82 Å². The molecule has 1 aromatic carbocycles. The van der Waals surface area contributed by atoms with Crippen molar-refractivity contribution in [3.63, 3.8) is 0 Å². The Kier molecular flexibility index (Phi) is 3.49. The van der Waals surface area contributed by atoms with E-state index in [0.29, 0.717) is 11.5 Å². The normalized spacial score (nSPS) is 10.3. The summed E-state index contributed by atoms with van der Waals surface area (Å²) in [4.78, 5) is 7.83. The Bertz CT molecular complexity index is 559. The van der Waals surface area contributed by atoms with E-state index >= 15 is 0 Å². The van der Waals surface area contributed by atoms with Gasteiger partial charge < -0.3 is 11.1 Å². The standard InChI is InChI=1S/C11H10BrClN4/c1-6-3-2-4-8(9(6)12)16-10-7(14)5-15-11(13)17-10/h2-5H,14H2,1H3,(H,15,16,17). The molecule has 88 valence electrons. The predicted molar refractivity (Wildman–Crippen MR) is 73.6 cm³/mol. The summed E-state index contributed by atoms with van der Waals surface area (Å²) in [5.41, 5.74) is 8.21. The van der Waals surface area contributed by atoms with Crippen LogP contribution in [0.4, 0.5) is 17.2 Å². The second kappa shape index (κ2) is 4.89. The number of hydrogen-bond acceptors (Lipinski definition) is 4. The highest BCUT2D eigenvalue weighted by Gasteiger charge is 2.07. The van der Waals surface area contributed by atoms with Crippen molar-refractivity contribution in [3.05, 3.63) is 39.7 Å². The molecule has 0 aliphatic rings. The van der Waals surface area contributed by atoms with Crippen LogP contribution in [0.5, 0.6) is 0 Å². The molecule has 3 N–H and O–H groups in total. The molecule has 0 aliphatic carbocycles. The maximum Gasteiger partial charge on any atom is 0.224 e. The lowest BCUT2D eigenvalue weighted by molar-refractivity contribution is 1.17. The zero-order chi connectivity index (χ0) is 12.4.